The van der Waals surface area contributed by atoms with Gasteiger partial charge in [-0.2, -0.15) is 0 Å². The van der Waals surface area contributed by atoms with E-state index >= 15 is 0 Å². The Kier molecular flexibility index (Phi) is 8.19. The van der Waals surface area contributed by atoms with E-state index in [4.69, 9.17) is 10.5 Å². The number of nitrogens with zero attached hydrogens (tertiary/aromatic N) is 1. The highest BCUT2D eigenvalue weighted by molar-refractivity contribution is 5.94. The molecule has 1 unspecified atom stereocenters. The molecule has 146 valence electrons. The molecule has 7 heteroatoms. The smallest absolute Gasteiger partial charge is 0.251 e. The second kappa shape index (κ2) is 10.4. The van der Waals surface area contributed by atoms with E-state index in [1.54, 1.807) is 18.2 Å². The molecule has 0 spiro atoms. The molecule has 5 nitrogen and oxygen atoms in total. The average Bonchev–Trinajstić information content (AvgIpc) is 2.69. The van der Waals surface area contributed by atoms with Gasteiger partial charge in [-0.1, -0.05) is 24.3 Å². The van der Waals surface area contributed by atoms with Gasteiger partial charge in [-0.25, -0.2) is 4.39 Å². The zero-order valence-electron chi connectivity index (χ0n) is 15.1. The van der Waals surface area contributed by atoms with Gasteiger partial charge in [0.2, 0.25) is 0 Å². The summed E-state index contributed by atoms with van der Waals surface area (Å²) in [4.78, 5) is 14.7. The van der Waals surface area contributed by atoms with E-state index < -0.39 is 0 Å². The van der Waals surface area contributed by atoms with Crippen LogP contribution in [0.1, 0.15) is 27.5 Å². The van der Waals surface area contributed by atoms with E-state index in [1.807, 2.05) is 18.2 Å². The Morgan fingerprint density at radius 3 is 2.52 bits per heavy atom. The largest absolute Gasteiger partial charge is 0.379 e. The molecule has 27 heavy (non-hydrogen) atoms. The first-order valence-electron chi connectivity index (χ1n) is 8.82. The fourth-order valence-electron chi connectivity index (χ4n) is 3.14. The number of rotatable bonds is 6. The molecule has 1 atom stereocenters. The van der Waals surface area contributed by atoms with Crippen molar-refractivity contribution in [3.63, 3.8) is 0 Å². The number of carbonyl (C=O) groups excluding carboxylic acids is 1. The molecule has 1 aliphatic heterocycles. The van der Waals surface area contributed by atoms with Crippen molar-refractivity contribution in [3.05, 3.63) is 71.0 Å². The van der Waals surface area contributed by atoms with E-state index in [0.29, 0.717) is 31.9 Å². The van der Waals surface area contributed by atoms with Crippen molar-refractivity contribution in [2.24, 2.45) is 5.73 Å². The first-order chi connectivity index (χ1) is 12.7. The summed E-state index contributed by atoms with van der Waals surface area (Å²) in [6.07, 6.45) is 0. The van der Waals surface area contributed by atoms with Crippen molar-refractivity contribution in [3.8, 4) is 0 Å². The molecule has 2 aromatic rings. The molecule has 0 aliphatic carbocycles. The van der Waals surface area contributed by atoms with Gasteiger partial charge in [-0.3, -0.25) is 9.69 Å². The third-order valence-corrected chi connectivity index (χ3v) is 4.63. The zero-order chi connectivity index (χ0) is 18.4. The molecule has 1 amide bonds. The standard InChI is InChI=1S/C20H24FN3O2.ClH/c21-18-3-1-2-17(12-18)19(24-8-10-26-11-9-24)14-23-20(25)16-6-4-15(13-22)5-7-16;/h1-7,12,19H,8-11,13-14,22H2,(H,23,25);1H. The van der Waals surface area contributed by atoms with Crippen molar-refractivity contribution < 1.29 is 13.9 Å². The molecular weight excluding hydrogens is 369 g/mol. The fourth-order valence-corrected chi connectivity index (χ4v) is 3.14. The van der Waals surface area contributed by atoms with Gasteiger partial charge in [-0.05, 0) is 35.4 Å². The molecule has 0 saturated carbocycles. The van der Waals surface area contributed by atoms with Crippen LogP contribution in [0.15, 0.2) is 48.5 Å². The van der Waals surface area contributed by atoms with Gasteiger partial charge in [0.25, 0.3) is 5.91 Å². The fraction of sp³-hybridized carbons (Fsp3) is 0.350. The summed E-state index contributed by atoms with van der Waals surface area (Å²) in [5.41, 5.74) is 8.00. The topological polar surface area (TPSA) is 67.6 Å². The molecule has 0 aromatic heterocycles. The minimum absolute atomic E-state index is 0. The highest BCUT2D eigenvalue weighted by atomic mass is 35.5. The molecule has 1 saturated heterocycles. The molecule has 0 radical (unpaired) electrons. The van der Waals surface area contributed by atoms with Gasteiger partial charge in [0.15, 0.2) is 0 Å². The third-order valence-electron chi connectivity index (χ3n) is 4.63. The normalized spacial score (nSPS) is 15.6. The van der Waals surface area contributed by atoms with Crippen LogP contribution >= 0.6 is 12.4 Å². The number of nitrogens with one attached hydrogen (secondary N) is 1. The van der Waals surface area contributed by atoms with Crippen molar-refractivity contribution in [1.82, 2.24) is 10.2 Å². The second-order valence-corrected chi connectivity index (χ2v) is 6.33. The lowest BCUT2D eigenvalue weighted by atomic mass is 10.0. The maximum absolute atomic E-state index is 13.7. The minimum atomic E-state index is -0.274. The van der Waals surface area contributed by atoms with E-state index in [0.717, 1.165) is 24.2 Å². The Labute approximate surface area is 165 Å². The van der Waals surface area contributed by atoms with Gasteiger partial charge in [0.1, 0.15) is 5.82 Å². The molecule has 0 bridgehead atoms. The molecule has 1 fully saturated rings. The Morgan fingerprint density at radius 2 is 1.89 bits per heavy atom. The summed E-state index contributed by atoms with van der Waals surface area (Å²) >= 11 is 0. The average molecular weight is 394 g/mol. The van der Waals surface area contributed by atoms with E-state index in [1.165, 1.54) is 12.1 Å². The number of hydrogen-bond donors (Lipinski definition) is 2. The van der Waals surface area contributed by atoms with Crippen molar-refractivity contribution in [1.29, 1.82) is 0 Å². The number of nitrogens with two attached hydrogens (primary N) is 1. The zero-order valence-corrected chi connectivity index (χ0v) is 15.9. The molecule has 1 heterocycles. The van der Waals surface area contributed by atoms with Crippen LogP contribution in [0.5, 0.6) is 0 Å². The van der Waals surface area contributed by atoms with E-state index in [2.05, 4.69) is 10.2 Å². The van der Waals surface area contributed by atoms with Gasteiger partial charge in [0, 0.05) is 31.7 Å². The number of carbonyl (C=O) groups is 1. The SMILES string of the molecule is Cl.NCc1ccc(C(=O)NCC(c2cccc(F)c2)N2CCOCC2)cc1. The van der Waals surface area contributed by atoms with Crippen LogP contribution in [-0.4, -0.2) is 43.7 Å². The van der Waals surface area contributed by atoms with E-state index in [9.17, 15) is 9.18 Å². The van der Waals surface area contributed by atoms with Crippen LogP contribution < -0.4 is 11.1 Å². The van der Waals surface area contributed by atoms with Crippen LogP contribution in [0.2, 0.25) is 0 Å². The van der Waals surface area contributed by atoms with Crippen LogP contribution in [0.4, 0.5) is 4.39 Å². The molecular formula is C20H25ClFN3O2. The number of amides is 1. The lowest BCUT2D eigenvalue weighted by Crippen LogP contribution is -2.43. The van der Waals surface area contributed by atoms with Gasteiger partial charge >= 0.3 is 0 Å². The lowest BCUT2D eigenvalue weighted by Gasteiger charge is -2.35. The number of halogens is 2. The maximum Gasteiger partial charge on any atom is 0.251 e. The highest BCUT2D eigenvalue weighted by Gasteiger charge is 2.23. The van der Waals surface area contributed by atoms with Gasteiger partial charge < -0.3 is 15.8 Å². The van der Waals surface area contributed by atoms with Gasteiger partial charge in [0.05, 0.1) is 19.3 Å². The second-order valence-electron chi connectivity index (χ2n) is 6.33. The third kappa shape index (κ3) is 5.74. The lowest BCUT2D eigenvalue weighted by molar-refractivity contribution is 0.0162. The number of hydrogen-bond acceptors (Lipinski definition) is 4. The predicted octanol–water partition coefficient (Wildman–Crippen LogP) is 2.51. The van der Waals surface area contributed by atoms with Crippen molar-refractivity contribution in [2.75, 3.05) is 32.8 Å². The van der Waals surface area contributed by atoms with Gasteiger partial charge in [-0.15, -0.1) is 12.4 Å². The Morgan fingerprint density at radius 1 is 1.19 bits per heavy atom. The van der Waals surface area contributed by atoms with Crippen LogP contribution in [0.3, 0.4) is 0 Å². The summed E-state index contributed by atoms with van der Waals surface area (Å²) in [7, 11) is 0. The first kappa shape index (κ1) is 21.3. The first-order valence-corrected chi connectivity index (χ1v) is 8.82. The summed E-state index contributed by atoms with van der Waals surface area (Å²) in [5, 5.41) is 2.98. The Bertz CT molecular complexity index is 736. The van der Waals surface area contributed by atoms with Crippen LogP contribution in [-0.2, 0) is 11.3 Å². The predicted molar refractivity (Wildman–Crippen MR) is 105 cm³/mol. The molecule has 1 aliphatic rings. The van der Waals surface area contributed by atoms with Crippen LogP contribution in [0.25, 0.3) is 0 Å². The summed E-state index contributed by atoms with van der Waals surface area (Å²) < 4.78 is 19.1. The maximum atomic E-state index is 13.7. The Hall–Kier alpha value is -1.99. The summed E-state index contributed by atoms with van der Waals surface area (Å²) in [5.74, 6) is -0.423. The van der Waals surface area contributed by atoms with Crippen molar-refractivity contribution in [2.45, 2.75) is 12.6 Å². The molecule has 3 rings (SSSR count). The Balaban J connectivity index is 0.00000261. The quantitative estimate of drug-likeness (QED) is 0.791. The molecule has 2 aromatic carbocycles. The number of ether oxygens (including phenoxy) is 1. The highest BCUT2D eigenvalue weighted by Crippen LogP contribution is 2.22. The monoisotopic (exact) mass is 393 g/mol. The van der Waals surface area contributed by atoms with Crippen molar-refractivity contribution >= 4 is 18.3 Å². The summed E-state index contributed by atoms with van der Waals surface area (Å²) in [6, 6.07) is 13.7. The number of benzene rings is 2. The molecule has 3 N–H and O–H groups in total. The van der Waals surface area contributed by atoms with Crippen LogP contribution in [0, 0.1) is 5.82 Å². The van der Waals surface area contributed by atoms with E-state index in [-0.39, 0.29) is 30.2 Å². The summed E-state index contributed by atoms with van der Waals surface area (Å²) in [6.45, 7) is 3.63. The minimum Gasteiger partial charge on any atom is -0.379 e. The number of morpholine rings is 1.